The summed E-state index contributed by atoms with van der Waals surface area (Å²) in [7, 11) is 0. The molecular formula is C9H7F2N3O2. The molecule has 0 saturated carbocycles. The van der Waals surface area contributed by atoms with E-state index in [1.54, 1.807) is 0 Å². The lowest BCUT2D eigenvalue weighted by molar-refractivity contribution is 0.0823. The van der Waals surface area contributed by atoms with Gasteiger partial charge in [-0.25, -0.2) is 14.2 Å². The van der Waals surface area contributed by atoms with E-state index in [4.69, 9.17) is 0 Å². The normalized spacial score (nSPS) is 15.1. The summed E-state index contributed by atoms with van der Waals surface area (Å²) in [4.78, 5) is 26.7. The summed E-state index contributed by atoms with van der Waals surface area (Å²) in [6.07, 6.45) is 0.972. The van der Waals surface area contributed by atoms with Crippen molar-refractivity contribution in [2.75, 3.05) is 13.1 Å². The molecule has 0 aromatic carbocycles. The first-order chi connectivity index (χ1) is 7.61. The Bertz CT molecular complexity index is 464. The van der Waals surface area contributed by atoms with Crippen LogP contribution in [0.15, 0.2) is 12.3 Å². The zero-order valence-electron chi connectivity index (χ0n) is 8.04. The van der Waals surface area contributed by atoms with Crippen molar-refractivity contribution in [3.63, 3.8) is 0 Å². The average molecular weight is 227 g/mol. The maximum atomic E-state index is 13.2. The van der Waals surface area contributed by atoms with Crippen LogP contribution in [0.3, 0.4) is 0 Å². The molecule has 0 spiro atoms. The van der Waals surface area contributed by atoms with Gasteiger partial charge in [0.1, 0.15) is 0 Å². The molecule has 1 aliphatic heterocycles. The Kier molecular flexibility index (Phi) is 2.51. The van der Waals surface area contributed by atoms with Gasteiger partial charge in [-0.3, -0.25) is 9.69 Å². The number of halogens is 2. The molecule has 1 fully saturated rings. The zero-order chi connectivity index (χ0) is 11.7. The molecule has 3 amide bonds. The summed E-state index contributed by atoms with van der Waals surface area (Å²) < 4.78 is 26.0. The Labute approximate surface area is 89.1 Å². The molecule has 1 aromatic heterocycles. The van der Waals surface area contributed by atoms with Crippen LogP contribution in [0.2, 0.25) is 0 Å². The van der Waals surface area contributed by atoms with E-state index in [1.807, 2.05) is 0 Å². The van der Waals surface area contributed by atoms with Crippen LogP contribution < -0.4 is 5.32 Å². The molecule has 0 aliphatic carbocycles. The van der Waals surface area contributed by atoms with Gasteiger partial charge in [-0.2, -0.15) is 4.39 Å². The van der Waals surface area contributed by atoms with Crippen molar-refractivity contribution in [2.45, 2.75) is 0 Å². The molecule has 1 saturated heterocycles. The molecule has 7 heteroatoms. The standard InChI is InChI=1S/C9H7F2N3O2/c10-6-5(1-2-12-7(6)11)8(15)14-4-3-13-9(14)16/h1-2H,3-4H2,(H,13,16). The van der Waals surface area contributed by atoms with Crippen LogP contribution in [-0.4, -0.2) is 34.9 Å². The number of nitrogens with zero attached hydrogens (tertiary/aromatic N) is 2. The minimum absolute atomic E-state index is 0.140. The number of imide groups is 1. The van der Waals surface area contributed by atoms with Crippen LogP contribution in [0.4, 0.5) is 13.6 Å². The predicted molar refractivity (Wildman–Crippen MR) is 48.6 cm³/mol. The van der Waals surface area contributed by atoms with Gasteiger partial charge in [0.05, 0.1) is 5.56 Å². The summed E-state index contributed by atoms with van der Waals surface area (Å²) in [6.45, 7) is 0.445. The lowest BCUT2D eigenvalue weighted by Crippen LogP contribution is -2.34. The molecule has 16 heavy (non-hydrogen) atoms. The third kappa shape index (κ3) is 1.60. The van der Waals surface area contributed by atoms with E-state index >= 15 is 0 Å². The molecule has 84 valence electrons. The second-order valence-corrected chi connectivity index (χ2v) is 3.15. The molecule has 0 radical (unpaired) electrons. The first-order valence-corrected chi connectivity index (χ1v) is 4.51. The number of aromatic nitrogens is 1. The second kappa shape index (κ2) is 3.84. The largest absolute Gasteiger partial charge is 0.336 e. The first-order valence-electron chi connectivity index (χ1n) is 4.51. The number of pyridine rings is 1. The van der Waals surface area contributed by atoms with Crippen LogP contribution >= 0.6 is 0 Å². The van der Waals surface area contributed by atoms with Crippen molar-refractivity contribution in [2.24, 2.45) is 0 Å². The second-order valence-electron chi connectivity index (χ2n) is 3.15. The molecule has 2 rings (SSSR count). The number of carbonyl (C=O) groups is 2. The Morgan fingerprint density at radius 2 is 2.25 bits per heavy atom. The fourth-order valence-corrected chi connectivity index (χ4v) is 1.39. The van der Waals surface area contributed by atoms with Gasteiger partial charge in [0.15, 0.2) is 5.82 Å². The molecular weight excluding hydrogens is 220 g/mol. The van der Waals surface area contributed by atoms with Crippen molar-refractivity contribution < 1.29 is 18.4 Å². The number of nitrogens with one attached hydrogen (secondary N) is 1. The van der Waals surface area contributed by atoms with Crippen molar-refractivity contribution >= 4 is 11.9 Å². The Balaban J connectivity index is 2.34. The van der Waals surface area contributed by atoms with Crippen LogP contribution in [0, 0.1) is 11.8 Å². The van der Waals surface area contributed by atoms with Gasteiger partial charge in [0.2, 0.25) is 5.95 Å². The molecule has 5 nitrogen and oxygen atoms in total. The van der Waals surface area contributed by atoms with Gasteiger partial charge in [-0.15, -0.1) is 0 Å². The summed E-state index contributed by atoms with van der Waals surface area (Å²) in [5.41, 5.74) is -0.496. The van der Waals surface area contributed by atoms with Gasteiger partial charge in [-0.05, 0) is 6.07 Å². The zero-order valence-corrected chi connectivity index (χ0v) is 8.04. The van der Waals surface area contributed by atoms with E-state index in [9.17, 15) is 18.4 Å². The molecule has 2 heterocycles. The van der Waals surface area contributed by atoms with Crippen molar-refractivity contribution in [3.8, 4) is 0 Å². The van der Waals surface area contributed by atoms with Crippen molar-refractivity contribution in [1.82, 2.24) is 15.2 Å². The van der Waals surface area contributed by atoms with E-state index in [0.717, 1.165) is 17.2 Å². The minimum Gasteiger partial charge on any atom is -0.336 e. The number of carbonyl (C=O) groups excluding carboxylic acids is 2. The highest BCUT2D eigenvalue weighted by Crippen LogP contribution is 2.13. The molecule has 0 atom stereocenters. The van der Waals surface area contributed by atoms with Crippen LogP contribution in [0.25, 0.3) is 0 Å². The maximum absolute atomic E-state index is 13.2. The van der Waals surface area contributed by atoms with E-state index in [0.29, 0.717) is 6.54 Å². The third-order valence-corrected chi connectivity index (χ3v) is 2.18. The van der Waals surface area contributed by atoms with E-state index in [1.165, 1.54) is 0 Å². The van der Waals surface area contributed by atoms with E-state index in [2.05, 4.69) is 10.3 Å². The Hall–Kier alpha value is -2.05. The summed E-state index contributed by atoms with van der Waals surface area (Å²) in [5, 5.41) is 2.39. The number of hydrogen-bond acceptors (Lipinski definition) is 3. The fraction of sp³-hybridized carbons (Fsp3) is 0.222. The molecule has 1 aromatic rings. The highest BCUT2D eigenvalue weighted by Gasteiger charge is 2.29. The topological polar surface area (TPSA) is 62.3 Å². The third-order valence-electron chi connectivity index (χ3n) is 2.18. The molecule has 1 N–H and O–H groups in total. The van der Waals surface area contributed by atoms with Crippen LogP contribution in [0.1, 0.15) is 10.4 Å². The first kappa shape index (κ1) is 10.5. The molecule has 1 aliphatic rings. The highest BCUT2D eigenvalue weighted by atomic mass is 19.2. The SMILES string of the molecule is O=C1NCCN1C(=O)c1ccnc(F)c1F. The number of amides is 3. The number of hydrogen-bond donors (Lipinski definition) is 1. The van der Waals surface area contributed by atoms with Gasteiger partial charge < -0.3 is 5.32 Å². The Morgan fingerprint density at radius 1 is 1.50 bits per heavy atom. The lowest BCUT2D eigenvalue weighted by Gasteiger charge is -2.12. The van der Waals surface area contributed by atoms with Gasteiger partial charge in [-0.1, -0.05) is 0 Å². The van der Waals surface area contributed by atoms with Crippen molar-refractivity contribution in [3.05, 3.63) is 29.6 Å². The van der Waals surface area contributed by atoms with Gasteiger partial charge in [0.25, 0.3) is 5.91 Å². The Morgan fingerprint density at radius 3 is 2.88 bits per heavy atom. The van der Waals surface area contributed by atoms with E-state index < -0.39 is 29.3 Å². The van der Waals surface area contributed by atoms with Crippen LogP contribution in [0.5, 0.6) is 0 Å². The van der Waals surface area contributed by atoms with Gasteiger partial charge >= 0.3 is 6.03 Å². The fourth-order valence-electron chi connectivity index (χ4n) is 1.39. The highest BCUT2D eigenvalue weighted by molar-refractivity contribution is 6.05. The summed E-state index contributed by atoms with van der Waals surface area (Å²) in [5.74, 6) is -3.56. The summed E-state index contributed by atoms with van der Waals surface area (Å²) in [6, 6.07) is 0.424. The predicted octanol–water partition coefficient (Wildman–Crippen LogP) is 0.525. The number of urea groups is 1. The lowest BCUT2D eigenvalue weighted by atomic mass is 10.2. The summed E-state index contributed by atoms with van der Waals surface area (Å²) >= 11 is 0. The quantitative estimate of drug-likeness (QED) is 0.711. The smallest absolute Gasteiger partial charge is 0.324 e. The van der Waals surface area contributed by atoms with E-state index in [-0.39, 0.29) is 6.54 Å². The number of rotatable bonds is 1. The van der Waals surface area contributed by atoms with Crippen LogP contribution in [-0.2, 0) is 0 Å². The molecule has 0 bridgehead atoms. The maximum Gasteiger partial charge on any atom is 0.324 e. The molecule has 0 unspecified atom stereocenters. The minimum atomic E-state index is -1.36. The van der Waals surface area contributed by atoms with Gasteiger partial charge in [0, 0.05) is 19.3 Å². The monoisotopic (exact) mass is 227 g/mol. The van der Waals surface area contributed by atoms with Crippen molar-refractivity contribution in [1.29, 1.82) is 0 Å². The average Bonchev–Trinajstić information content (AvgIpc) is 2.68.